The Labute approximate surface area is 80.6 Å². The number of pyridine rings is 1. The maximum Gasteiger partial charge on any atom is 0.326 e. The van der Waals surface area contributed by atoms with Gasteiger partial charge in [-0.15, -0.1) is 0 Å². The van der Waals surface area contributed by atoms with Gasteiger partial charge in [0.05, 0.1) is 5.52 Å². The van der Waals surface area contributed by atoms with Crippen molar-refractivity contribution < 1.29 is 0 Å². The lowest BCUT2D eigenvalue weighted by atomic mass is 10.3. The molecule has 0 aliphatic heterocycles. The molecule has 2 aromatic rings. The third-order valence-corrected chi connectivity index (χ3v) is 2.18. The molecule has 2 rings (SSSR count). The van der Waals surface area contributed by atoms with Crippen molar-refractivity contribution in [3.63, 3.8) is 0 Å². The molecule has 0 amide bonds. The molecule has 74 valence electrons. The van der Waals surface area contributed by atoms with E-state index in [0.717, 1.165) is 5.52 Å². The van der Waals surface area contributed by atoms with E-state index in [1.165, 1.54) is 0 Å². The molecular formula is C9H12N4O. The molecule has 0 saturated heterocycles. The number of nitrogen functional groups attached to an aromatic ring is 1. The summed E-state index contributed by atoms with van der Waals surface area (Å²) in [4.78, 5) is 18.2. The van der Waals surface area contributed by atoms with Crippen molar-refractivity contribution in [3.8, 4) is 0 Å². The Hall–Kier alpha value is -1.78. The number of hydrogen-bond donors (Lipinski definition) is 2. The van der Waals surface area contributed by atoms with Crippen molar-refractivity contribution in [2.45, 2.75) is 19.9 Å². The minimum absolute atomic E-state index is 0.109. The molecule has 0 bridgehead atoms. The van der Waals surface area contributed by atoms with Crippen molar-refractivity contribution in [2.75, 3.05) is 5.73 Å². The first-order valence-corrected chi connectivity index (χ1v) is 4.46. The molecule has 0 atom stereocenters. The SMILES string of the molecule is CC(C)n1c(=O)[nH]c2c(N)nccc21. The molecule has 2 heterocycles. The van der Waals surface area contributed by atoms with Crippen LogP contribution in [0.1, 0.15) is 19.9 Å². The first-order chi connectivity index (χ1) is 6.61. The highest BCUT2D eigenvalue weighted by Gasteiger charge is 2.10. The van der Waals surface area contributed by atoms with Crippen LogP contribution >= 0.6 is 0 Å². The third kappa shape index (κ3) is 1.09. The lowest BCUT2D eigenvalue weighted by molar-refractivity contribution is 0.598. The molecule has 0 fully saturated rings. The Morgan fingerprint density at radius 1 is 1.57 bits per heavy atom. The first kappa shape index (κ1) is 8.80. The molecule has 0 aliphatic rings. The number of aromatic nitrogens is 3. The summed E-state index contributed by atoms with van der Waals surface area (Å²) in [6, 6.07) is 1.89. The predicted molar refractivity (Wildman–Crippen MR) is 55.2 cm³/mol. The van der Waals surface area contributed by atoms with Crippen LogP contribution in [-0.2, 0) is 0 Å². The molecule has 2 aromatic heterocycles. The molecule has 0 unspecified atom stereocenters. The molecule has 0 spiro atoms. The summed E-state index contributed by atoms with van der Waals surface area (Å²) in [7, 11) is 0. The van der Waals surface area contributed by atoms with Crippen molar-refractivity contribution in [3.05, 3.63) is 22.7 Å². The second-order valence-electron chi connectivity index (χ2n) is 3.48. The van der Waals surface area contributed by atoms with E-state index in [1.807, 2.05) is 13.8 Å². The summed E-state index contributed by atoms with van der Waals surface area (Å²) in [6.45, 7) is 3.90. The van der Waals surface area contributed by atoms with Crippen molar-refractivity contribution in [2.24, 2.45) is 0 Å². The van der Waals surface area contributed by atoms with Crippen LogP contribution in [0.4, 0.5) is 5.82 Å². The maximum atomic E-state index is 11.6. The topological polar surface area (TPSA) is 76.7 Å². The van der Waals surface area contributed by atoms with Crippen molar-refractivity contribution >= 4 is 16.9 Å². The zero-order valence-electron chi connectivity index (χ0n) is 8.11. The zero-order valence-corrected chi connectivity index (χ0v) is 8.11. The number of H-pyrrole nitrogens is 1. The van der Waals surface area contributed by atoms with E-state index in [0.29, 0.717) is 11.3 Å². The van der Waals surface area contributed by atoms with Gasteiger partial charge in [-0.3, -0.25) is 4.57 Å². The Morgan fingerprint density at radius 3 is 2.93 bits per heavy atom. The molecule has 5 heteroatoms. The largest absolute Gasteiger partial charge is 0.382 e. The number of nitrogens with two attached hydrogens (primary N) is 1. The molecule has 0 aliphatic carbocycles. The van der Waals surface area contributed by atoms with Gasteiger partial charge in [-0.2, -0.15) is 0 Å². The van der Waals surface area contributed by atoms with E-state index in [1.54, 1.807) is 16.8 Å². The van der Waals surface area contributed by atoms with E-state index in [4.69, 9.17) is 5.73 Å². The second kappa shape index (κ2) is 2.87. The van der Waals surface area contributed by atoms with Gasteiger partial charge in [0.15, 0.2) is 0 Å². The number of nitrogens with zero attached hydrogens (tertiary/aromatic N) is 2. The molecular weight excluding hydrogens is 180 g/mol. The average Bonchev–Trinajstić information content (AvgIpc) is 2.42. The molecule has 0 radical (unpaired) electrons. The predicted octanol–water partition coefficient (Wildman–Crippen LogP) is 0.888. The summed E-state index contributed by atoms with van der Waals surface area (Å²) in [5, 5.41) is 0. The fourth-order valence-electron chi connectivity index (χ4n) is 1.59. The highest BCUT2D eigenvalue weighted by Crippen LogP contribution is 2.17. The Morgan fingerprint density at radius 2 is 2.29 bits per heavy atom. The van der Waals surface area contributed by atoms with Gasteiger partial charge in [-0.05, 0) is 19.9 Å². The lowest BCUT2D eigenvalue weighted by Gasteiger charge is -2.06. The molecule has 0 aromatic carbocycles. The van der Waals surface area contributed by atoms with Crippen LogP contribution in [0.15, 0.2) is 17.1 Å². The number of fused-ring (bicyclic) bond motifs is 1. The second-order valence-corrected chi connectivity index (χ2v) is 3.48. The summed E-state index contributed by atoms with van der Waals surface area (Å²) in [5.41, 5.74) is 6.92. The molecule has 5 nitrogen and oxygen atoms in total. The highest BCUT2D eigenvalue weighted by molar-refractivity contribution is 5.84. The molecule has 0 saturated carbocycles. The minimum Gasteiger partial charge on any atom is -0.382 e. The lowest BCUT2D eigenvalue weighted by Crippen LogP contribution is -2.18. The van der Waals surface area contributed by atoms with E-state index >= 15 is 0 Å². The monoisotopic (exact) mass is 192 g/mol. The Bertz CT molecular complexity index is 523. The zero-order chi connectivity index (χ0) is 10.3. The number of hydrogen-bond acceptors (Lipinski definition) is 3. The van der Waals surface area contributed by atoms with Crippen molar-refractivity contribution in [1.82, 2.24) is 14.5 Å². The number of imidazole rings is 1. The quantitative estimate of drug-likeness (QED) is 0.704. The van der Waals surface area contributed by atoms with Crippen LogP contribution in [0.3, 0.4) is 0 Å². The van der Waals surface area contributed by atoms with Gasteiger partial charge < -0.3 is 10.7 Å². The van der Waals surface area contributed by atoms with Gasteiger partial charge in [-0.1, -0.05) is 0 Å². The highest BCUT2D eigenvalue weighted by atomic mass is 16.1. The van der Waals surface area contributed by atoms with Gasteiger partial charge in [0.2, 0.25) is 0 Å². The molecule has 14 heavy (non-hydrogen) atoms. The van der Waals surface area contributed by atoms with E-state index in [9.17, 15) is 4.79 Å². The fourth-order valence-corrected chi connectivity index (χ4v) is 1.59. The fraction of sp³-hybridized carbons (Fsp3) is 0.333. The van der Waals surface area contributed by atoms with Gasteiger partial charge in [0.1, 0.15) is 11.3 Å². The van der Waals surface area contributed by atoms with Crippen LogP contribution < -0.4 is 11.4 Å². The van der Waals surface area contributed by atoms with Crippen LogP contribution in [0, 0.1) is 0 Å². The van der Waals surface area contributed by atoms with Crippen LogP contribution in [0.5, 0.6) is 0 Å². The normalized spacial score (nSPS) is 11.4. The van der Waals surface area contributed by atoms with Crippen molar-refractivity contribution in [1.29, 1.82) is 0 Å². The summed E-state index contributed by atoms with van der Waals surface area (Å²) in [5.74, 6) is 0.360. The molecule has 3 N–H and O–H groups in total. The number of anilines is 1. The maximum absolute atomic E-state index is 11.6. The summed E-state index contributed by atoms with van der Waals surface area (Å²) < 4.78 is 1.66. The van der Waals surface area contributed by atoms with E-state index in [-0.39, 0.29) is 11.7 Å². The van der Waals surface area contributed by atoms with Gasteiger partial charge >= 0.3 is 5.69 Å². The Balaban J connectivity index is 2.91. The van der Waals surface area contributed by atoms with Gasteiger partial charge in [0, 0.05) is 12.2 Å². The van der Waals surface area contributed by atoms with E-state index < -0.39 is 0 Å². The van der Waals surface area contributed by atoms with Crippen LogP contribution in [-0.4, -0.2) is 14.5 Å². The minimum atomic E-state index is -0.144. The van der Waals surface area contributed by atoms with Gasteiger partial charge in [-0.25, -0.2) is 9.78 Å². The first-order valence-electron chi connectivity index (χ1n) is 4.46. The summed E-state index contributed by atoms with van der Waals surface area (Å²) >= 11 is 0. The number of aromatic amines is 1. The standard InChI is InChI=1S/C9H12N4O/c1-5(2)13-6-3-4-11-8(10)7(6)12-9(13)14/h3-5H,1-2H3,(H2,10,11)(H,12,14). The smallest absolute Gasteiger partial charge is 0.326 e. The van der Waals surface area contributed by atoms with Crippen LogP contribution in [0.25, 0.3) is 11.0 Å². The third-order valence-electron chi connectivity index (χ3n) is 2.18. The number of nitrogens with one attached hydrogen (secondary N) is 1. The Kier molecular flexibility index (Phi) is 1.80. The van der Waals surface area contributed by atoms with E-state index in [2.05, 4.69) is 9.97 Å². The number of rotatable bonds is 1. The van der Waals surface area contributed by atoms with Gasteiger partial charge in [0.25, 0.3) is 0 Å². The van der Waals surface area contributed by atoms with Crippen LogP contribution in [0.2, 0.25) is 0 Å². The summed E-state index contributed by atoms with van der Waals surface area (Å²) in [6.07, 6.45) is 1.60. The average molecular weight is 192 g/mol.